The molecule has 3 heterocycles. The van der Waals surface area contributed by atoms with Crippen LogP contribution in [0.3, 0.4) is 0 Å². The third-order valence-corrected chi connectivity index (χ3v) is 9.95. The average Bonchev–Trinajstić information content (AvgIpc) is 3.55. The SMILES string of the molecule is O=S(=O)(c1ccc2ccccc2c1)N(CCc1csc2nc(-c3ccc(F)cc3)cn12)CCN1CCOCC1. The van der Waals surface area contributed by atoms with Gasteiger partial charge in [0.1, 0.15) is 5.82 Å². The zero-order valence-corrected chi connectivity index (χ0v) is 23.0. The van der Waals surface area contributed by atoms with Crippen LogP contribution in [-0.4, -0.2) is 72.9 Å². The van der Waals surface area contributed by atoms with Crippen LogP contribution < -0.4 is 0 Å². The molecular formula is C29H29FN4O3S2. The van der Waals surface area contributed by atoms with Gasteiger partial charge < -0.3 is 4.74 Å². The lowest BCUT2D eigenvalue weighted by Gasteiger charge is -2.29. The summed E-state index contributed by atoms with van der Waals surface area (Å²) < 4.78 is 50.3. The number of nitrogens with zero attached hydrogens (tertiary/aromatic N) is 4. The van der Waals surface area contributed by atoms with E-state index in [9.17, 15) is 12.8 Å². The molecule has 1 saturated heterocycles. The number of imidazole rings is 1. The van der Waals surface area contributed by atoms with Gasteiger partial charge in [0.05, 0.1) is 23.8 Å². The number of fused-ring (bicyclic) bond motifs is 2. The Labute approximate surface area is 231 Å². The maximum atomic E-state index is 13.9. The van der Waals surface area contributed by atoms with Gasteiger partial charge in [-0.05, 0) is 47.2 Å². The standard InChI is InChI=1S/C29H29FN4O3S2/c30-25-8-5-23(6-9-25)28-20-34-26(21-38-29(34)31-28)11-12-33(14-13-32-15-17-37-18-16-32)39(35,36)27-10-7-22-3-1-2-4-24(22)19-27/h1-10,19-21H,11-18H2. The topological polar surface area (TPSA) is 67.2 Å². The molecule has 1 aliphatic heterocycles. The number of benzene rings is 3. The first-order chi connectivity index (χ1) is 19.0. The van der Waals surface area contributed by atoms with Crippen LogP contribution in [0.4, 0.5) is 4.39 Å². The molecule has 0 bridgehead atoms. The first-order valence-electron chi connectivity index (χ1n) is 13.0. The van der Waals surface area contributed by atoms with Crippen LogP contribution in [0.1, 0.15) is 5.69 Å². The Hall–Kier alpha value is -3.15. The zero-order valence-electron chi connectivity index (χ0n) is 21.4. The normalized spacial score (nSPS) is 15.0. The summed E-state index contributed by atoms with van der Waals surface area (Å²) in [6, 6.07) is 19.4. The number of halogens is 1. The van der Waals surface area contributed by atoms with Crippen molar-refractivity contribution in [1.29, 1.82) is 0 Å². The first-order valence-corrected chi connectivity index (χ1v) is 15.3. The third-order valence-electron chi connectivity index (χ3n) is 7.17. The molecule has 0 N–H and O–H groups in total. The molecular weight excluding hydrogens is 535 g/mol. The van der Waals surface area contributed by atoms with Gasteiger partial charge in [-0.2, -0.15) is 4.31 Å². The first kappa shape index (κ1) is 26.1. The van der Waals surface area contributed by atoms with Crippen LogP contribution in [0, 0.1) is 5.82 Å². The van der Waals surface area contributed by atoms with Crippen LogP contribution in [0.25, 0.3) is 27.0 Å². The Balaban J connectivity index is 1.26. The van der Waals surface area contributed by atoms with E-state index in [1.165, 1.54) is 23.5 Å². The van der Waals surface area contributed by atoms with E-state index >= 15 is 0 Å². The minimum absolute atomic E-state index is 0.287. The molecule has 0 radical (unpaired) electrons. The van der Waals surface area contributed by atoms with Gasteiger partial charge in [0.2, 0.25) is 10.0 Å². The van der Waals surface area contributed by atoms with Crippen LogP contribution in [0.5, 0.6) is 0 Å². The number of hydrogen-bond acceptors (Lipinski definition) is 6. The average molecular weight is 565 g/mol. The molecule has 6 rings (SSSR count). The van der Waals surface area contributed by atoms with Crippen LogP contribution in [0.15, 0.2) is 83.2 Å². The van der Waals surface area contributed by atoms with Gasteiger partial charge in [-0.15, -0.1) is 11.3 Å². The van der Waals surface area contributed by atoms with Crippen molar-refractivity contribution in [3.05, 3.63) is 89.8 Å². The third kappa shape index (κ3) is 5.61. The summed E-state index contributed by atoms with van der Waals surface area (Å²) in [7, 11) is -3.72. The summed E-state index contributed by atoms with van der Waals surface area (Å²) in [5.74, 6) is -0.287. The van der Waals surface area contributed by atoms with Crippen molar-refractivity contribution in [2.75, 3.05) is 45.9 Å². The number of rotatable bonds is 9. The second-order valence-electron chi connectivity index (χ2n) is 9.63. The molecule has 10 heteroatoms. The molecule has 39 heavy (non-hydrogen) atoms. The highest BCUT2D eigenvalue weighted by atomic mass is 32.2. The Bertz CT molecular complexity index is 1690. The summed E-state index contributed by atoms with van der Waals surface area (Å²) in [4.78, 5) is 8.07. The molecule has 7 nitrogen and oxygen atoms in total. The largest absolute Gasteiger partial charge is 0.379 e. The van der Waals surface area contributed by atoms with Crippen molar-refractivity contribution in [3.63, 3.8) is 0 Å². The van der Waals surface area contributed by atoms with Crippen molar-refractivity contribution in [1.82, 2.24) is 18.6 Å². The molecule has 0 unspecified atom stereocenters. The molecule has 202 valence electrons. The van der Waals surface area contributed by atoms with Crippen molar-refractivity contribution >= 4 is 37.1 Å². The molecule has 0 aliphatic carbocycles. The van der Waals surface area contributed by atoms with E-state index in [0.29, 0.717) is 44.2 Å². The Morgan fingerprint density at radius 1 is 0.974 bits per heavy atom. The molecule has 3 aromatic carbocycles. The van der Waals surface area contributed by atoms with E-state index in [2.05, 4.69) is 4.90 Å². The van der Waals surface area contributed by atoms with Crippen molar-refractivity contribution < 1.29 is 17.5 Å². The highest BCUT2D eigenvalue weighted by Crippen LogP contribution is 2.26. The predicted molar refractivity (Wildman–Crippen MR) is 152 cm³/mol. The number of morpholine rings is 1. The summed E-state index contributed by atoms with van der Waals surface area (Å²) >= 11 is 1.51. The molecule has 0 amide bonds. The molecule has 1 fully saturated rings. The summed E-state index contributed by atoms with van der Waals surface area (Å²) in [6.07, 6.45) is 2.47. The van der Waals surface area contributed by atoms with Crippen molar-refractivity contribution in [2.45, 2.75) is 11.3 Å². The van der Waals surface area contributed by atoms with Gasteiger partial charge in [0, 0.05) is 62.0 Å². The van der Waals surface area contributed by atoms with Gasteiger partial charge in [-0.3, -0.25) is 9.30 Å². The molecule has 5 aromatic rings. The van der Waals surface area contributed by atoms with Crippen molar-refractivity contribution in [2.24, 2.45) is 0 Å². The number of sulfonamides is 1. The monoisotopic (exact) mass is 564 g/mol. The fourth-order valence-corrected chi connectivity index (χ4v) is 7.29. The Kier molecular flexibility index (Phi) is 7.46. The van der Waals surface area contributed by atoms with E-state index < -0.39 is 10.0 Å². The molecule has 0 saturated carbocycles. The number of thiazole rings is 1. The summed E-state index contributed by atoms with van der Waals surface area (Å²) in [5.41, 5.74) is 2.58. The number of hydrogen-bond donors (Lipinski definition) is 0. The number of ether oxygens (including phenoxy) is 1. The second kappa shape index (κ2) is 11.1. The molecule has 0 atom stereocenters. The smallest absolute Gasteiger partial charge is 0.243 e. The predicted octanol–water partition coefficient (Wildman–Crippen LogP) is 4.92. The Morgan fingerprint density at radius 2 is 1.74 bits per heavy atom. The van der Waals surface area contributed by atoms with Crippen LogP contribution >= 0.6 is 11.3 Å². The van der Waals surface area contributed by atoms with Gasteiger partial charge in [0.25, 0.3) is 0 Å². The highest BCUT2D eigenvalue weighted by molar-refractivity contribution is 7.89. The fraction of sp³-hybridized carbons (Fsp3) is 0.276. The number of aromatic nitrogens is 2. The molecule has 0 spiro atoms. The van der Waals surface area contributed by atoms with E-state index in [4.69, 9.17) is 9.72 Å². The summed E-state index contributed by atoms with van der Waals surface area (Å²) in [6.45, 7) is 4.33. The molecule has 1 aliphatic rings. The maximum Gasteiger partial charge on any atom is 0.243 e. The fourth-order valence-electron chi connectivity index (χ4n) is 4.91. The Morgan fingerprint density at radius 3 is 2.54 bits per heavy atom. The van der Waals surface area contributed by atoms with Crippen LogP contribution in [-0.2, 0) is 21.2 Å². The van der Waals surface area contributed by atoms with E-state index in [1.54, 1.807) is 28.6 Å². The minimum atomic E-state index is -3.72. The minimum Gasteiger partial charge on any atom is -0.379 e. The highest BCUT2D eigenvalue weighted by Gasteiger charge is 2.26. The lowest BCUT2D eigenvalue weighted by molar-refractivity contribution is 0.0363. The lowest BCUT2D eigenvalue weighted by Crippen LogP contribution is -2.43. The lowest BCUT2D eigenvalue weighted by atomic mass is 10.1. The van der Waals surface area contributed by atoms with E-state index in [1.807, 2.05) is 46.3 Å². The van der Waals surface area contributed by atoms with Gasteiger partial charge in [-0.25, -0.2) is 17.8 Å². The summed E-state index contributed by atoms with van der Waals surface area (Å²) in [5, 5.41) is 3.94. The molecule has 2 aromatic heterocycles. The quantitative estimate of drug-likeness (QED) is 0.254. The zero-order chi connectivity index (χ0) is 26.8. The van der Waals surface area contributed by atoms with Crippen molar-refractivity contribution in [3.8, 4) is 11.3 Å². The van der Waals surface area contributed by atoms with Crippen LogP contribution in [0.2, 0.25) is 0 Å². The van der Waals surface area contributed by atoms with Gasteiger partial charge >= 0.3 is 0 Å². The maximum absolute atomic E-state index is 13.9. The van der Waals surface area contributed by atoms with Gasteiger partial charge in [-0.1, -0.05) is 30.3 Å². The second-order valence-corrected chi connectivity index (χ2v) is 12.4. The van der Waals surface area contributed by atoms with E-state index in [-0.39, 0.29) is 5.82 Å². The van der Waals surface area contributed by atoms with Gasteiger partial charge in [0.15, 0.2) is 4.96 Å². The van der Waals surface area contributed by atoms with E-state index in [0.717, 1.165) is 45.8 Å².